The van der Waals surface area contributed by atoms with Gasteiger partial charge in [0, 0.05) is 54.8 Å². The lowest BCUT2D eigenvalue weighted by Gasteiger charge is -2.18. The van der Waals surface area contributed by atoms with Crippen molar-refractivity contribution in [2.24, 2.45) is 7.05 Å². The first-order chi connectivity index (χ1) is 20.9. The Hall–Kier alpha value is -5.19. The molecule has 5 rings (SSSR count). The van der Waals surface area contributed by atoms with Crippen LogP contribution in [0.1, 0.15) is 32.9 Å². The Kier molecular flexibility index (Phi) is 8.14. The van der Waals surface area contributed by atoms with Gasteiger partial charge in [-0.3, -0.25) is 14.6 Å². The van der Waals surface area contributed by atoms with E-state index in [4.69, 9.17) is 14.2 Å². The summed E-state index contributed by atoms with van der Waals surface area (Å²) in [5.74, 6) is -2.88. The Morgan fingerprint density at radius 2 is 1.64 bits per heavy atom. The Balaban J connectivity index is 1.50. The van der Waals surface area contributed by atoms with Crippen LogP contribution >= 0.6 is 0 Å². The zero-order chi connectivity index (χ0) is 31.9. The third-order valence-electron chi connectivity index (χ3n) is 7.61. The summed E-state index contributed by atoms with van der Waals surface area (Å²) in [6.45, 7) is 5.00. The lowest BCUT2D eigenvalue weighted by Crippen LogP contribution is -2.26. The standard InChI is InChI=1S/C33H28F3N3O5/c1-16-11-20(34)7-8-21(16)29-17(2)39(4)18(3)30(32(29)41)25(40)13-19-12-23(36)27(14-22(19)35)44-26-9-10-37-24-15-28(42-5)33(43-6)38-31(24)26/h7-12,14-15H,13H2,1-6H3. The van der Waals surface area contributed by atoms with Crippen LogP contribution in [0.25, 0.3) is 22.2 Å². The van der Waals surface area contributed by atoms with Crippen molar-refractivity contribution in [1.29, 1.82) is 0 Å². The molecule has 3 aromatic heterocycles. The van der Waals surface area contributed by atoms with Crippen LogP contribution in [0.5, 0.6) is 23.1 Å². The molecule has 11 heteroatoms. The lowest BCUT2D eigenvalue weighted by atomic mass is 9.93. The summed E-state index contributed by atoms with van der Waals surface area (Å²) in [5.41, 5.74) is 1.79. The SMILES string of the molecule is COc1cc2nccc(Oc3cc(F)c(CC(=O)c4c(C)n(C)c(C)c(-c5ccc(F)cc5C)c4=O)cc3F)c2nc1OC. The van der Waals surface area contributed by atoms with Gasteiger partial charge in [-0.25, -0.2) is 18.2 Å². The summed E-state index contributed by atoms with van der Waals surface area (Å²) in [6.07, 6.45) is 0.833. The molecule has 0 bridgehead atoms. The molecule has 226 valence electrons. The first-order valence-corrected chi connectivity index (χ1v) is 13.5. The van der Waals surface area contributed by atoms with Crippen molar-refractivity contribution < 1.29 is 32.2 Å². The van der Waals surface area contributed by atoms with E-state index in [-0.39, 0.29) is 33.8 Å². The van der Waals surface area contributed by atoms with Crippen molar-refractivity contribution in [3.8, 4) is 34.3 Å². The minimum Gasteiger partial charge on any atom is -0.491 e. The second-order valence-corrected chi connectivity index (χ2v) is 10.2. The molecule has 0 aliphatic rings. The highest BCUT2D eigenvalue weighted by Gasteiger charge is 2.25. The van der Waals surface area contributed by atoms with E-state index in [1.165, 1.54) is 44.7 Å². The molecule has 0 aliphatic heterocycles. The Bertz CT molecular complexity index is 2020. The van der Waals surface area contributed by atoms with Crippen molar-refractivity contribution >= 4 is 16.8 Å². The molecule has 8 nitrogen and oxygen atoms in total. The predicted octanol–water partition coefficient (Wildman–Crippen LogP) is 6.57. The number of methoxy groups -OCH3 is 2. The number of rotatable bonds is 8. The molecule has 3 heterocycles. The topological polar surface area (TPSA) is 92.5 Å². The molecule has 0 unspecified atom stereocenters. The van der Waals surface area contributed by atoms with Crippen LogP contribution in [-0.2, 0) is 13.5 Å². The Labute approximate surface area is 250 Å². The number of aromatic nitrogens is 3. The second kappa shape index (κ2) is 11.8. The van der Waals surface area contributed by atoms with Gasteiger partial charge in [-0.1, -0.05) is 6.07 Å². The highest BCUT2D eigenvalue weighted by Crippen LogP contribution is 2.35. The molecule has 0 spiro atoms. The van der Waals surface area contributed by atoms with Crippen LogP contribution < -0.4 is 19.6 Å². The van der Waals surface area contributed by atoms with Crippen molar-refractivity contribution in [3.05, 3.63) is 104 Å². The average molecular weight is 604 g/mol. The van der Waals surface area contributed by atoms with Crippen LogP contribution in [0.15, 0.2) is 53.5 Å². The quantitative estimate of drug-likeness (QED) is 0.185. The van der Waals surface area contributed by atoms with Gasteiger partial charge in [-0.15, -0.1) is 0 Å². The molecule has 0 N–H and O–H groups in total. The van der Waals surface area contributed by atoms with Gasteiger partial charge in [0.2, 0.25) is 5.43 Å². The van der Waals surface area contributed by atoms with Crippen LogP contribution in [0.3, 0.4) is 0 Å². The number of carbonyl (C=O) groups excluding carboxylic acids is 1. The fourth-order valence-electron chi connectivity index (χ4n) is 5.14. The van der Waals surface area contributed by atoms with E-state index in [1.807, 2.05) is 0 Å². The Morgan fingerprint density at radius 3 is 2.32 bits per heavy atom. The van der Waals surface area contributed by atoms with Crippen molar-refractivity contribution in [3.63, 3.8) is 0 Å². The number of nitrogens with zero attached hydrogens (tertiary/aromatic N) is 3. The summed E-state index contributed by atoms with van der Waals surface area (Å²) in [4.78, 5) is 35.7. The number of hydrogen-bond donors (Lipinski definition) is 0. The van der Waals surface area contributed by atoms with Crippen LogP contribution in [0.4, 0.5) is 13.2 Å². The summed E-state index contributed by atoms with van der Waals surface area (Å²) < 4.78 is 62.2. The van der Waals surface area contributed by atoms with Gasteiger partial charge in [0.1, 0.15) is 17.2 Å². The largest absolute Gasteiger partial charge is 0.491 e. The minimum absolute atomic E-state index is 0.0838. The van der Waals surface area contributed by atoms with Gasteiger partial charge in [-0.2, -0.15) is 0 Å². The predicted molar refractivity (Wildman–Crippen MR) is 158 cm³/mol. The maximum atomic E-state index is 15.3. The van der Waals surface area contributed by atoms with Crippen LogP contribution in [0, 0.1) is 38.2 Å². The average Bonchev–Trinajstić information content (AvgIpc) is 2.99. The lowest BCUT2D eigenvalue weighted by molar-refractivity contribution is 0.0989. The van der Waals surface area contributed by atoms with E-state index in [0.29, 0.717) is 33.8 Å². The molecule has 44 heavy (non-hydrogen) atoms. The van der Waals surface area contributed by atoms with Gasteiger partial charge in [0.25, 0.3) is 5.88 Å². The highest BCUT2D eigenvalue weighted by atomic mass is 19.1. The molecular formula is C33H28F3N3O5. The molecule has 0 amide bonds. The van der Waals surface area contributed by atoms with Gasteiger partial charge in [0.15, 0.2) is 28.8 Å². The summed E-state index contributed by atoms with van der Waals surface area (Å²) in [7, 11) is 4.54. The molecule has 5 aromatic rings. The van der Waals surface area contributed by atoms with Crippen molar-refractivity contribution in [2.75, 3.05) is 14.2 Å². The van der Waals surface area contributed by atoms with E-state index >= 15 is 8.78 Å². The molecular weight excluding hydrogens is 575 g/mol. The van der Waals surface area contributed by atoms with Crippen LogP contribution in [-0.4, -0.2) is 34.5 Å². The Morgan fingerprint density at radius 1 is 0.886 bits per heavy atom. The first kappa shape index (κ1) is 30.3. The maximum absolute atomic E-state index is 15.3. The number of ether oxygens (including phenoxy) is 3. The van der Waals surface area contributed by atoms with Gasteiger partial charge >= 0.3 is 0 Å². The number of pyridine rings is 3. The molecule has 0 saturated heterocycles. The second-order valence-electron chi connectivity index (χ2n) is 10.2. The van der Waals surface area contributed by atoms with E-state index in [2.05, 4.69) is 9.97 Å². The monoisotopic (exact) mass is 603 g/mol. The van der Waals surface area contributed by atoms with Crippen LogP contribution in [0.2, 0.25) is 0 Å². The number of benzene rings is 2. The van der Waals surface area contributed by atoms with E-state index in [0.717, 1.165) is 12.1 Å². The molecule has 0 atom stereocenters. The number of halogens is 3. The number of aryl methyl sites for hydroxylation is 1. The summed E-state index contributed by atoms with van der Waals surface area (Å²) in [5, 5.41) is 0. The molecule has 2 aromatic carbocycles. The zero-order valence-corrected chi connectivity index (χ0v) is 24.8. The number of Topliss-reactive ketones (excluding diaryl/α,β-unsaturated/α-hetero) is 1. The smallest absolute Gasteiger partial charge is 0.257 e. The maximum Gasteiger partial charge on any atom is 0.257 e. The summed E-state index contributed by atoms with van der Waals surface area (Å²) in [6, 6.07) is 8.73. The third kappa shape index (κ3) is 5.36. The van der Waals surface area contributed by atoms with Gasteiger partial charge < -0.3 is 18.8 Å². The fourth-order valence-corrected chi connectivity index (χ4v) is 5.14. The molecule has 0 radical (unpaired) electrons. The third-order valence-corrected chi connectivity index (χ3v) is 7.61. The van der Waals surface area contributed by atoms with Crippen molar-refractivity contribution in [2.45, 2.75) is 27.2 Å². The van der Waals surface area contributed by atoms with E-state index in [1.54, 1.807) is 38.5 Å². The van der Waals surface area contributed by atoms with E-state index < -0.39 is 40.8 Å². The van der Waals surface area contributed by atoms with E-state index in [9.17, 15) is 14.0 Å². The number of hydrogen-bond acceptors (Lipinski definition) is 7. The minimum atomic E-state index is -0.934. The van der Waals surface area contributed by atoms with Gasteiger partial charge in [-0.05, 0) is 55.7 Å². The fraction of sp³-hybridized carbons (Fsp3) is 0.212. The molecule has 0 saturated carbocycles. The summed E-state index contributed by atoms with van der Waals surface area (Å²) >= 11 is 0. The normalized spacial score (nSPS) is 11.1. The van der Waals surface area contributed by atoms with Gasteiger partial charge in [0.05, 0.1) is 25.3 Å². The molecule has 0 aliphatic carbocycles. The number of ketones is 1. The molecule has 0 fully saturated rings. The first-order valence-electron chi connectivity index (χ1n) is 13.5. The number of fused-ring (bicyclic) bond motifs is 1. The van der Waals surface area contributed by atoms with Crippen molar-refractivity contribution in [1.82, 2.24) is 14.5 Å². The number of carbonyl (C=O) groups is 1. The highest BCUT2D eigenvalue weighted by molar-refractivity contribution is 5.99. The zero-order valence-electron chi connectivity index (χ0n) is 24.8.